The van der Waals surface area contributed by atoms with E-state index in [0.29, 0.717) is 12.5 Å². The van der Waals surface area contributed by atoms with E-state index in [-0.39, 0.29) is 0 Å². The summed E-state index contributed by atoms with van der Waals surface area (Å²) in [6, 6.07) is 16.0. The topological polar surface area (TPSA) is 9.23 Å². The fourth-order valence-corrected chi connectivity index (χ4v) is 1.83. The van der Waals surface area contributed by atoms with Crippen LogP contribution in [0.1, 0.15) is 16.7 Å². The second-order valence-corrected chi connectivity index (χ2v) is 4.51. The maximum atomic E-state index is 5.77. The third kappa shape index (κ3) is 4.35. The lowest BCUT2D eigenvalue weighted by molar-refractivity contribution is 0.306. The van der Waals surface area contributed by atoms with Crippen molar-refractivity contribution in [3.63, 3.8) is 0 Å². The van der Waals surface area contributed by atoms with Crippen molar-refractivity contribution in [2.45, 2.75) is 13.5 Å². The van der Waals surface area contributed by atoms with Crippen LogP contribution in [0.3, 0.4) is 0 Å². The third-order valence-corrected chi connectivity index (χ3v) is 2.76. The zero-order chi connectivity index (χ0) is 13.5. The van der Waals surface area contributed by atoms with Gasteiger partial charge in [-0.2, -0.15) is 0 Å². The lowest BCUT2D eigenvalue weighted by Crippen LogP contribution is -1.95. The Morgan fingerprint density at radius 3 is 2.74 bits per heavy atom. The highest BCUT2D eigenvalue weighted by molar-refractivity contribution is 6.19. The Labute approximate surface area is 119 Å². The minimum absolute atomic E-state index is 0.342. The first-order valence-corrected chi connectivity index (χ1v) is 6.64. The molecule has 2 rings (SSSR count). The van der Waals surface area contributed by atoms with Crippen LogP contribution in [0.2, 0.25) is 0 Å². The largest absolute Gasteiger partial charge is 0.489 e. The Morgan fingerprint density at radius 1 is 1.11 bits per heavy atom. The van der Waals surface area contributed by atoms with E-state index in [1.807, 2.05) is 30.3 Å². The predicted molar refractivity (Wildman–Crippen MR) is 79.6 cm³/mol. The van der Waals surface area contributed by atoms with Gasteiger partial charge in [0.25, 0.3) is 0 Å². The second kappa shape index (κ2) is 6.87. The number of halogens is 1. The Bertz CT molecular complexity index is 608. The molecule has 0 unspecified atom stereocenters. The van der Waals surface area contributed by atoms with Crippen molar-refractivity contribution < 1.29 is 4.74 Å². The van der Waals surface area contributed by atoms with E-state index < -0.39 is 0 Å². The number of benzene rings is 2. The summed E-state index contributed by atoms with van der Waals surface area (Å²) in [5.41, 5.74) is 3.32. The lowest BCUT2D eigenvalue weighted by Gasteiger charge is -2.07. The molecule has 0 N–H and O–H groups in total. The molecule has 0 fully saturated rings. The summed E-state index contributed by atoms with van der Waals surface area (Å²) in [6.45, 7) is 2.64. The van der Waals surface area contributed by atoms with Crippen molar-refractivity contribution in [2.75, 3.05) is 5.88 Å². The van der Waals surface area contributed by atoms with Crippen molar-refractivity contribution in [3.8, 4) is 17.6 Å². The molecule has 0 bridgehead atoms. The van der Waals surface area contributed by atoms with Crippen LogP contribution in [0.4, 0.5) is 0 Å². The van der Waals surface area contributed by atoms with E-state index in [2.05, 4.69) is 37.0 Å². The van der Waals surface area contributed by atoms with Gasteiger partial charge in [-0.15, -0.1) is 11.6 Å². The molecule has 0 aliphatic rings. The molecule has 0 aliphatic heterocycles. The summed E-state index contributed by atoms with van der Waals surface area (Å²) in [5.74, 6) is 6.98. The molecular weight excluding hydrogens is 256 g/mol. The minimum atomic E-state index is 0.342. The molecule has 2 aromatic carbocycles. The first kappa shape index (κ1) is 13.5. The van der Waals surface area contributed by atoms with Crippen LogP contribution in [-0.4, -0.2) is 5.88 Å². The van der Waals surface area contributed by atoms with Crippen LogP contribution in [0.15, 0.2) is 48.5 Å². The molecule has 0 aliphatic carbocycles. The normalized spacial score (nSPS) is 9.58. The minimum Gasteiger partial charge on any atom is -0.489 e. The Morgan fingerprint density at radius 2 is 1.95 bits per heavy atom. The zero-order valence-corrected chi connectivity index (χ0v) is 11.6. The van der Waals surface area contributed by atoms with Crippen LogP contribution >= 0.6 is 11.6 Å². The first-order chi connectivity index (χ1) is 9.28. The maximum absolute atomic E-state index is 5.77. The molecule has 19 heavy (non-hydrogen) atoms. The van der Waals surface area contributed by atoms with Gasteiger partial charge in [-0.05, 0) is 30.7 Å². The number of rotatable bonds is 3. The quantitative estimate of drug-likeness (QED) is 0.601. The molecule has 2 aromatic rings. The highest BCUT2D eigenvalue weighted by atomic mass is 35.5. The molecule has 0 saturated heterocycles. The number of hydrogen-bond donors (Lipinski definition) is 0. The van der Waals surface area contributed by atoms with Gasteiger partial charge in [-0.1, -0.05) is 47.7 Å². The highest BCUT2D eigenvalue weighted by Crippen LogP contribution is 2.15. The smallest absolute Gasteiger partial charge is 0.121 e. The summed E-state index contributed by atoms with van der Waals surface area (Å²) in [5, 5.41) is 0. The van der Waals surface area contributed by atoms with Gasteiger partial charge in [0.15, 0.2) is 0 Å². The second-order valence-electron chi connectivity index (χ2n) is 4.24. The molecule has 0 saturated carbocycles. The molecular formula is C17H15ClO. The van der Waals surface area contributed by atoms with Crippen LogP contribution in [0, 0.1) is 18.8 Å². The van der Waals surface area contributed by atoms with Gasteiger partial charge in [0.1, 0.15) is 12.4 Å². The summed E-state index contributed by atoms with van der Waals surface area (Å²) in [7, 11) is 0. The molecule has 0 aromatic heterocycles. The average Bonchev–Trinajstić information content (AvgIpc) is 2.43. The molecule has 0 radical (unpaired) electrons. The van der Waals surface area contributed by atoms with Crippen LogP contribution in [-0.2, 0) is 6.61 Å². The van der Waals surface area contributed by atoms with Crippen LogP contribution in [0.25, 0.3) is 0 Å². The Hall–Kier alpha value is -1.91. The molecule has 0 spiro atoms. The van der Waals surface area contributed by atoms with Crippen molar-refractivity contribution in [1.82, 2.24) is 0 Å². The van der Waals surface area contributed by atoms with Crippen molar-refractivity contribution >= 4 is 11.6 Å². The van der Waals surface area contributed by atoms with Gasteiger partial charge < -0.3 is 4.74 Å². The lowest BCUT2D eigenvalue weighted by atomic mass is 10.1. The summed E-state index contributed by atoms with van der Waals surface area (Å²) in [4.78, 5) is 0. The van der Waals surface area contributed by atoms with Crippen molar-refractivity contribution in [1.29, 1.82) is 0 Å². The van der Waals surface area contributed by atoms with E-state index in [1.54, 1.807) is 0 Å². The fourth-order valence-electron chi connectivity index (χ4n) is 1.77. The SMILES string of the molecule is Cc1cccc(COc2cccc(C#CCCl)c2)c1. The predicted octanol–water partition coefficient (Wildman–Crippen LogP) is 4.16. The van der Waals surface area contributed by atoms with Gasteiger partial charge >= 0.3 is 0 Å². The molecule has 0 atom stereocenters. The van der Waals surface area contributed by atoms with E-state index in [4.69, 9.17) is 16.3 Å². The van der Waals surface area contributed by atoms with Gasteiger partial charge in [0.05, 0.1) is 5.88 Å². The van der Waals surface area contributed by atoms with E-state index in [1.165, 1.54) is 5.56 Å². The monoisotopic (exact) mass is 270 g/mol. The molecule has 1 nitrogen and oxygen atoms in total. The summed E-state index contributed by atoms with van der Waals surface area (Å²) >= 11 is 5.54. The molecule has 0 heterocycles. The molecule has 96 valence electrons. The maximum Gasteiger partial charge on any atom is 0.121 e. The van der Waals surface area contributed by atoms with Gasteiger partial charge in [-0.3, -0.25) is 0 Å². The van der Waals surface area contributed by atoms with Crippen LogP contribution in [0.5, 0.6) is 5.75 Å². The Balaban J connectivity index is 2.03. The van der Waals surface area contributed by atoms with Crippen molar-refractivity contribution in [3.05, 3.63) is 65.2 Å². The number of hydrogen-bond acceptors (Lipinski definition) is 1. The van der Waals surface area contributed by atoms with Crippen LogP contribution < -0.4 is 4.74 Å². The van der Waals surface area contributed by atoms with E-state index in [0.717, 1.165) is 16.9 Å². The number of ether oxygens (including phenoxy) is 1. The average molecular weight is 271 g/mol. The van der Waals surface area contributed by atoms with E-state index in [9.17, 15) is 0 Å². The zero-order valence-electron chi connectivity index (χ0n) is 10.8. The first-order valence-electron chi connectivity index (χ1n) is 6.11. The third-order valence-electron chi connectivity index (χ3n) is 2.62. The molecule has 2 heteroatoms. The van der Waals surface area contributed by atoms with Crippen molar-refractivity contribution in [2.24, 2.45) is 0 Å². The fraction of sp³-hybridized carbons (Fsp3) is 0.176. The van der Waals surface area contributed by atoms with Gasteiger partial charge in [0.2, 0.25) is 0 Å². The molecule has 0 amide bonds. The highest BCUT2D eigenvalue weighted by Gasteiger charge is 1.97. The number of aryl methyl sites for hydroxylation is 1. The summed E-state index contributed by atoms with van der Waals surface area (Å²) < 4.78 is 5.77. The standard InChI is InChI=1S/C17H15ClO/c1-14-5-2-7-16(11-14)13-19-17-9-3-6-15(12-17)8-4-10-18/h2-3,5-7,9,11-12H,10,13H2,1H3. The van der Waals surface area contributed by atoms with E-state index >= 15 is 0 Å². The van der Waals surface area contributed by atoms with Gasteiger partial charge in [0, 0.05) is 5.56 Å². The number of alkyl halides is 1. The Kier molecular flexibility index (Phi) is 4.89. The van der Waals surface area contributed by atoms with Gasteiger partial charge in [-0.25, -0.2) is 0 Å². The summed E-state index contributed by atoms with van der Waals surface area (Å²) in [6.07, 6.45) is 0.